The van der Waals surface area contributed by atoms with Crippen molar-refractivity contribution in [3.05, 3.63) is 50.9 Å². The lowest BCUT2D eigenvalue weighted by Gasteiger charge is -2.19. The van der Waals surface area contributed by atoms with Crippen LogP contribution in [-0.4, -0.2) is 15.5 Å². The molecule has 0 bridgehead atoms. The molecular weight excluding hydrogens is 382 g/mol. The van der Waals surface area contributed by atoms with Crippen LogP contribution in [0.5, 0.6) is 0 Å². The predicted octanol–water partition coefficient (Wildman–Crippen LogP) is 4.56. The molecule has 0 radical (unpaired) electrons. The van der Waals surface area contributed by atoms with Gasteiger partial charge in [0.05, 0.1) is 5.39 Å². The van der Waals surface area contributed by atoms with Gasteiger partial charge in [-0.15, -0.1) is 11.3 Å². The Labute approximate surface area is 175 Å². The van der Waals surface area contributed by atoms with Crippen LogP contribution in [0.3, 0.4) is 0 Å². The highest BCUT2D eigenvalue weighted by molar-refractivity contribution is 7.19. The zero-order valence-electron chi connectivity index (χ0n) is 17.8. The number of primary amides is 1. The number of aryl methyl sites for hydroxylation is 2. The normalized spacial score (nSPS) is 11.9. The van der Waals surface area contributed by atoms with Crippen molar-refractivity contribution in [2.24, 2.45) is 5.73 Å². The largest absolute Gasteiger partial charge is 0.370 e. The van der Waals surface area contributed by atoms with Crippen molar-refractivity contribution in [1.29, 1.82) is 0 Å². The van der Waals surface area contributed by atoms with Crippen LogP contribution >= 0.6 is 11.3 Å². The summed E-state index contributed by atoms with van der Waals surface area (Å²) in [5, 5.41) is 0.639. The van der Waals surface area contributed by atoms with Crippen LogP contribution in [-0.2, 0) is 23.2 Å². The number of nitrogens with two attached hydrogens (primary N) is 1. The Bertz CT molecular complexity index is 1100. The molecule has 2 N–H and O–H groups in total. The van der Waals surface area contributed by atoms with Crippen molar-refractivity contribution >= 4 is 27.5 Å². The third kappa shape index (κ3) is 4.27. The molecule has 0 aliphatic carbocycles. The molecule has 6 heteroatoms. The molecule has 3 rings (SSSR count). The van der Waals surface area contributed by atoms with E-state index in [0.717, 1.165) is 33.1 Å². The van der Waals surface area contributed by atoms with Gasteiger partial charge in [-0.3, -0.25) is 14.2 Å². The average Bonchev–Trinajstić information content (AvgIpc) is 2.97. The van der Waals surface area contributed by atoms with Gasteiger partial charge in [0.1, 0.15) is 10.7 Å². The fourth-order valence-corrected chi connectivity index (χ4v) is 4.64. The van der Waals surface area contributed by atoms with E-state index < -0.39 is 5.91 Å². The molecular formula is C23H29N3O2S. The lowest BCUT2D eigenvalue weighted by molar-refractivity contribution is -0.118. The summed E-state index contributed by atoms with van der Waals surface area (Å²) in [6.45, 7) is 10.9. The number of nitrogens with zero attached hydrogens (tertiary/aromatic N) is 2. The summed E-state index contributed by atoms with van der Waals surface area (Å²) >= 11 is 1.55. The molecule has 1 aromatic carbocycles. The van der Waals surface area contributed by atoms with E-state index in [0.29, 0.717) is 11.8 Å². The zero-order valence-corrected chi connectivity index (χ0v) is 18.7. The van der Waals surface area contributed by atoms with Gasteiger partial charge in [0.2, 0.25) is 5.91 Å². The van der Waals surface area contributed by atoms with E-state index in [1.807, 2.05) is 6.92 Å². The minimum atomic E-state index is -0.418. The number of thiophene rings is 1. The Kier molecular flexibility index (Phi) is 5.94. The minimum absolute atomic E-state index is 0.0718. The van der Waals surface area contributed by atoms with Crippen LogP contribution < -0.4 is 11.3 Å². The highest BCUT2D eigenvalue weighted by Gasteiger charge is 2.20. The highest BCUT2D eigenvalue weighted by atomic mass is 32.1. The Balaban J connectivity index is 2.20. The molecule has 2 heterocycles. The quantitative estimate of drug-likeness (QED) is 0.646. The van der Waals surface area contributed by atoms with E-state index in [1.54, 1.807) is 15.9 Å². The van der Waals surface area contributed by atoms with Crippen LogP contribution in [0.15, 0.2) is 29.1 Å². The number of benzene rings is 1. The van der Waals surface area contributed by atoms with Crippen LogP contribution in [0.2, 0.25) is 0 Å². The van der Waals surface area contributed by atoms with E-state index in [4.69, 9.17) is 10.7 Å². The summed E-state index contributed by atoms with van der Waals surface area (Å²) in [5.74, 6) is 0.307. The van der Waals surface area contributed by atoms with E-state index in [2.05, 4.69) is 52.0 Å². The second-order valence-corrected chi connectivity index (χ2v) is 9.70. The predicted molar refractivity (Wildman–Crippen MR) is 121 cm³/mol. The molecule has 0 saturated heterocycles. The summed E-state index contributed by atoms with van der Waals surface area (Å²) in [7, 11) is 0. The topological polar surface area (TPSA) is 78.0 Å². The molecule has 0 saturated carbocycles. The molecule has 0 fully saturated rings. The second kappa shape index (κ2) is 8.11. The zero-order chi connectivity index (χ0) is 21.3. The maximum Gasteiger partial charge on any atom is 0.262 e. The van der Waals surface area contributed by atoms with Crippen molar-refractivity contribution < 1.29 is 4.79 Å². The molecule has 1 amide bonds. The van der Waals surface area contributed by atoms with Gasteiger partial charge in [0.25, 0.3) is 5.56 Å². The number of aromatic nitrogens is 2. The summed E-state index contributed by atoms with van der Waals surface area (Å²) < 4.78 is 1.63. The first kappa shape index (κ1) is 21.2. The number of carbonyl (C=O) groups excluding carboxylic acids is 1. The van der Waals surface area contributed by atoms with Gasteiger partial charge in [-0.25, -0.2) is 4.98 Å². The summed E-state index contributed by atoms with van der Waals surface area (Å²) in [4.78, 5) is 31.4. The van der Waals surface area contributed by atoms with Gasteiger partial charge in [0.15, 0.2) is 0 Å². The SMILES string of the molecule is CCCc1nc2sc(C)c(-c3ccc(C(C)(C)C)cc3)c2c(=O)n1CCC(N)=O. The number of amides is 1. The third-order valence-electron chi connectivity index (χ3n) is 5.16. The molecule has 3 aromatic rings. The summed E-state index contributed by atoms with van der Waals surface area (Å²) in [6, 6.07) is 8.43. The van der Waals surface area contributed by atoms with Gasteiger partial charge in [-0.1, -0.05) is 52.0 Å². The van der Waals surface area contributed by atoms with Gasteiger partial charge >= 0.3 is 0 Å². The standard InChI is InChI=1S/C23H29N3O2S/c1-6-7-18-25-21-20(22(28)26(18)13-12-17(24)27)19(14(2)29-21)15-8-10-16(11-9-15)23(3,4)5/h8-11H,6-7,12-13H2,1-5H3,(H2,24,27). The van der Waals surface area contributed by atoms with Gasteiger partial charge < -0.3 is 5.73 Å². The van der Waals surface area contributed by atoms with E-state index in [-0.39, 0.29) is 23.9 Å². The molecule has 154 valence electrons. The molecule has 29 heavy (non-hydrogen) atoms. The summed E-state index contributed by atoms with van der Waals surface area (Å²) in [5.41, 5.74) is 8.53. The van der Waals surface area contributed by atoms with Crippen LogP contribution in [0, 0.1) is 6.92 Å². The van der Waals surface area contributed by atoms with Gasteiger partial charge in [-0.2, -0.15) is 0 Å². The van der Waals surface area contributed by atoms with E-state index >= 15 is 0 Å². The smallest absolute Gasteiger partial charge is 0.262 e. The van der Waals surface area contributed by atoms with Crippen LogP contribution in [0.25, 0.3) is 21.3 Å². The average molecular weight is 412 g/mol. The highest BCUT2D eigenvalue weighted by Crippen LogP contribution is 2.36. The molecule has 0 atom stereocenters. The summed E-state index contributed by atoms with van der Waals surface area (Å²) in [6.07, 6.45) is 1.69. The third-order valence-corrected chi connectivity index (χ3v) is 6.16. The Morgan fingerprint density at radius 3 is 2.41 bits per heavy atom. The first-order chi connectivity index (χ1) is 13.6. The Morgan fingerprint density at radius 2 is 1.86 bits per heavy atom. The lowest BCUT2D eigenvalue weighted by atomic mass is 9.86. The van der Waals surface area contributed by atoms with Crippen molar-refractivity contribution in [3.63, 3.8) is 0 Å². The van der Waals surface area contributed by atoms with Gasteiger partial charge in [0, 0.05) is 29.8 Å². The number of hydrogen-bond donors (Lipinski definition) is 1. The minimum Gasteiger partial charge on any atom is -0.370 e. The van der Waals surface area contributed by atoms with Crippen molar-refractivity contribution in [2.75, 3.05) is 0 Å². The molecule has 5 nitrogen and oxygen atoms in total. The number of fused-ring (bicyclic) bond motifs is 1. The van der Waals surface area contributed by atoms with Crippen LogP contribution in [0.4, 0.5) is 0 Å². The van der Waals surface area contributed by atoms with Crippen molar-refractivity contribution in [1.82, 2.24) is 9.55 Å². The monoisotopic (exact) mass is 411 g/mol. The molecule has 0 unspecified atom stereocenters. The maximum absolute atomic E-state index is 13.4. The van der Waals surface area contributed by atoms with Gasteiger partial charge in [-0.05, 0) is 29.9 Å². The number of carbonyl (C=O) groups is 1. The molecule has 0 spiro atoms. The van der Waals surface area contributed by atoms with E-state index in [1.165, 1.54) is 5.56 Å². The first-order valence-electron chi connectivity index (χ1n) is 10.1. The maximum atomic E-state index is 13.4. The fraction of sp³-hybridized carbons (Fsp3) is 0.435. The second-order valence-electron chi connectivity index (χ2n) is 8.49. The Hall–Kier alpha value is -2.47. The molecule has 0 aliphatic rings. The number of hydrogen-bond acceptors (Lipinski definition) is 4. The van der Waals surface area contributed by atoms with Crippen LogP contribution in [0.1, 0.15) is 56.8 Å². The Morgan fingerprint density at radius 1 is 1.21 bits per heavy atom. The van der Waals surface area contributed by atoms with Crippen molar-refractivity contribution in [2.45, 2.75) is 65.8 Å². The first-order valence-corrected chi connectivity index (χ1v) is 10.9. The lowest BCUT2D eigenvalue weighted by Crippen LogP contribution is -2.27. The van der Waals surface area contributed by atoms with E-state index in [9.17, 15) is 9.59 Å². The number of rotatable bonds is 6. The molecule has 0 aliphatic heterocycles. The molecule has 2 aromatic heterocycles. The van der Waals surface area contributed by atoms with Crippen molar-refractivity contribution in [3.8, 4) is 11.1 Å². The fourth-order valence-electron chi connectivity index (χ4n) is 3.59.